The maximum absolute atomic E-state index is 12.6. The van der Waals surface area contributed by atoms with E-state index in [0.29, 0.717) is 0 Å². The molecule has 0 heterocycles. The molecule has 174 valence electrons. The molecular formula is C25H28N2O6. The summed E-state index contributed by atoms with van der Waals surface area (Å²) in [5.41, 5.74) is 6.82. The van der Waals surface area contributed by atoms with Crippen LogP contribution >= 0.6 is 0 Å². The van der Waals surface area contributed by atoms with Gasteiger partial charge in [0.05, 0.1) is 0 Å². The lowest BCUT2D eigenvalue weighted by atomic mass is 9.98. The fourth-order valence-electron chi connectivity index (χ4n) is 4.75. The van der Waals surface area contributed by atoms with Gasteiger partial charge in [-0.2, -0.15) is 0 Å². The van der Waals surface area contributed by atoms with E-state index >= 15 is 0 Å². The van der Waals surface area contributed by atoms with Crippen molar-refractivity contribution < 1.29 is 29.1 Å². The van der Waals surface area contributed by atoms with E-state index in [1.807, 2.05) is 24.3 Å². The molecule has 3 N–H and O–H groups in total. The van der Waals surface area contributed by atoms with Gasteiger partial charge < -0.3 is 15.2 Å². The van der Waals surface area contributed by atoms with Crippen molar-refractivity contribution in [3.63, 3.8) is 0 Å². The number of alkyl carbamates (subject to hydrolysis) is 1. The number of benzene rings is 2. The van der Waals surface area contributed by atoms with E-state index in [2.05, 4.69) is 35.1 Å². The van der Waals surface area contributed by atoms with Crippen molar-refractivity contribution in [2.45, 2.75) is 50.7 Å². The van der Waals surface area contributed by atoms with Gasteiger partial charge in [-0.25, -0.2) is 15.1 Å². The minimum absolute atomic E-state index is 0.0123. The molecule has 2 aromatic carbocycles. The lowest BCUT2D eigenvalue weighted by Gasteiger charge is -2.21. The van der Waals surface area contributed by atoms with Crippen molar-refractivity contribution in [1.82, 2.24) is 10.8 Å². The van der Waals surface area contributed by atoms with Crippen LogP contribution in [0.5, 0.6) is 0 Å². The molecule has 0 bridgehead atoms. The number of hydroxylamine groups is 1. The second-order valence-corrected chi connectivity index (χ2v) is 8.60. The summed E-state index contributed by atoms with van der Waals surface area (Å²) < 4.78 is 5.62. The molecule has 0 aromatic heterocycles. The van der Waals surface area contributed by atoms with Gasteiger partial charge in [0.15, 0.2) is 6.10 Å². The van der Waals surface area contributed by atoms with E-state index in [1.165, 1.54) is 18.1 Å². The fourth-order valence-corrected chi connectivity index (χ4v) is 4.75. The van der Waals surface area contributed by atoms with Crippen LogP contribution in [0.25, 0.3) is 11.1 Å². The Morgan fingerprint density at radius 1 is 1.03 bits per heavy atom. The second-order valence-electron chi connectivity index (χ2n) is 8.60. The van der Waals surface area contributed by atoms with E-state index in [9.17, 15) is 14.4 Å². The molecule has 1 fully saturated rings. The molecule has 3 atom stereocenters. The molecule has 2 amide bonds. The number of ether oxygens (including phenoxy) is 1. The average molecular weight is 453 g/mol. The van der Waals surface area contributed by atoms with Crippen LogP contribution in [0.15, 0.2) is 48.5 Å². The predicted octanol–water partition coefficient (Wildman–Crippen LogP) is 3.60. The number of hydrogen-bond donors (Lipinski definition) is 3. The first-order valence-electron chi connectivity index (χ1n) is 11.2. The number of carboxylic acid groups (broad SMARTS) is 1. The Labute approximate surface area is 192 Å². The molecule has 1 saturated carbocycles. The first-order chi connectivity index (χ1) is 15.9. The highest BCUT2D eigenvalue weighted by atomic mass is 16.7. The third kappa shape index (κ3) is 5.17. The highest BCUT2D eigenvalue weighted by Crippen LogP contribution is 2.44. The zero-order chi connectivity index (χ0) is 23.4. The Kier molecular flexibility index (Phi) is 6.93. The molecule has 8 heteroatoms. The lowest BCUT2D eigenvalue weighted by Crippen LogP contribution is -2.40. The number of carbonyl (C=O) groups excluding carboxylic acids is 2. The zero-order valence-corrected chi connectivity index (χ0v) is 18.5. The number of fused-ring (bicyclic) bond motifs is 3. The number of aliphatic carboxylic acids is 1. The minimum atomic E-state index is -1.16. The van der Waals surface area contributed by atoms with Gasteiger partial charge in [0.2, 0.25) is 5.91 Å². The van der Waals surface area contributed by atoms with Crippen LogP contribution in [-0.4, -0.2) is 41.8 Å². The summed E-state index contributed by atoms with van der Waals surface area (Å²) in [6.45, 7) is 1.57. The monoisotopic (exact) mass is 452 g/mol. The summed E-state index contributed by atoms with van der Waals surface area (Å²) in [7, 11) is 0. The Hall–Kier alpha value is -3.39. The Morgan fingerprint density at radius 3 is 2.30 bits per heavy atom. The van der Waals surface area contributed by atoms with Crippen LogP contribution < -0.4 is 10.8 Å². The highest BCUT2D eigenvalue weighted by Gasteiger charge is 2.32. The van der Waals surface area contributed by atoms with Crippen LogP contribution in [0.1, 0.15) is 49.7 Å². The van der Waals surface area contributed by atoms with Crippen molar-refractivity contribution in [2.75, 3.05) is 6.61 Å². The molecule has 33 heavy (non-hydrogen) atoms. The molecule has 0 spiro atoms. The molecule has 0 aliphatic heterocycles. The first kappa shape index (κ1) is 22.8. The van der Waals surface area contributed by atoms with Gasteiger partial charge in [-0.15, -0.1) is 0 Å². The molecule has 2 aromatic rings. The fraction of sp³-hybridized carbons (Fsp3) is 0.400. The average Bonchev–Trinajstić information content (AvgIpc) is 3.37. The Bertz CT molecular complexity index is 994. The standard InChI is InChI=1S/C25H28N2O6/c1-15(24(29)30)33-27-23(28)13-16-7-6-12-22(16)26-25(31)32-14-21-19-10-4-2-8-17(19)18-9-3-5-11-20(18)21/h2-5,8-11,15-16,21-22H,6-7,12-14H2,1H3,(H,26,31)(H,27,28)(H,29,30). The number of nitrogens with one attached hydrogen (secondary N) is 2. The molecule has 0 radical (unpaired) electrons. The SMILES string of the molecule is CC(ONC(=O)CC1CCCC1NC(=O)OCC1c2ccccc2-c2ccccc21)C(=O)O. The Balaban J connectivity index is 1.30. The van der Waals surface area contributed by atoms with E-state index in [1.54, 1.807) is 0 Å². The molecule has 4 rings (SSSR count). The lowest BCUT2D eigenvalue weighted by molar-refractivity contribution is -0.159. The largest absolute Gasteiger partial charge is 0.479 e. The smallest absolute Gasteiger partial charge is 0.407 e. The van der Waals surface area contributed by atoms with Gasteiger partial charge in [0.25, 0.3) is 0 Å². The van der Waals surface area contributed by atoms with Crippen molar-refractivity contribution >= 4 is 18.0 Å². The Morgan fingerprint density at radius 2 is 1.67 bits per heavy atom. The second kappa shape index (κ2) is 10.0. The van der Waals surface area contributed by atoms with Crippen LogP contribution in [0, 0.1) is 5.92 Å². The quantitative estimate of drug-likeness (QED) is 0.528. The van der Waals surface area contributed by atoms with Crippen LogP contribution in [0.3, 0.4) is 0 Å². The number of rotatable bonds is 8. The highest BCUT2D eigenvalue weighted by molar-refractivity contribution is 5.79. The normalized spacial score (nSPS) is 19.9. The number of carboxylic acids is 1. The minimum Gasteiger partial charge on any atom is -0.479 e. The third-order valence-corrected chi connectivity index (χ3v) is 6.45. The first-order valence-corrected chi connectivity index (χ1v) is 11.2. The summed E-state index contributed by atoms with van der Waals surface area (Å²) in [4.78, 5) is 40.3. The third-order valence-electron chi connectivity index (χ3n) is 6.45. The van der Waals surface area contributed by atoms with Crippen LogP contribution in [0.2, 0.25) is 0 Å². The number of carbonyl (C=O) groups is 3. The summed E-state index contributed by atoms with van der Waals surface area (Å²) >= 11 is 0. The van der Waals surface area contributed by atoms with E-state index < -0.39 is 24.1 Å². The summed E-state index contributed by atoms with van der Waals surface area (Å²) in [6.07, 6.45) is 0.946. The van der Waals surface area contributed by atoms with Gasteiger partial charge in [-0.3, -0.25) is 9.63 Å². The van der Waals surface area contributed by atoms with Crippen molar-refractivity contribution in [1.29, 1.82) is 0 Å². The van der Waals surface area contributed by atoms with Gasteiger partial charge in [0.1, 0.15) is 6.61 Å². The molecule has 2 aliphatic rings. The summed E-state index contributed by atoms with van der Waals surface area (Å²) in [6, 6.07) is 16.1. The maximum Gasteiger partial charge on any atom is 0.407 e. The summed E-state index contributed by atoms with van der Waals surface area (Å²) in [5.74, 6) is -1.64. The van der Waals surface area contributed by atoms with Gasteiger partial charge in [0, 0.05) is 18.4 Å². The predicted molar refractivity (Wildman–Crippen MR) is 120 cm³/mol. The molecule has 0 saturated heterocycles. The molecule has 3 unspecified atom stereocenters. The van der Waals surface area contributed by atoms with Crippen LogP contribution in [-0.2, 0) is 19.2 Å². The summed E-state index contributed by atoms with van der Waals surface area (Å²) in [5, 5.41) is 11.7. The van der Waals surface area contributed by atoms with Gasteiger partial charge >= 0.3 is 12.1 Å². The van der Waals surface area contributed by atoms with E-state index in [-0.39, 0.29) is 30.9 Å². The molecule has 8 nitrogen and oxygen atoms in total. The van der Waals surface area contributed by atoms with Crippen molar-refractivity contribution in [3.8, 4) is 11.1 Å². The number of hydrogen-bond acceptors (Lipinski definition) is 5. The van der Waals surface area contributed by atoms with Crippen LogP contribution in [0.4, 0.5) is 4.79 Å². The maximum atomic E-state index is 12.6. The van der Waals surface area contributed by atoms with Crippen molar-refractivity contribution in [3.05, 3.63) is 59.7 Å². The van der Waals surface area contributed by atoms with Crippen molar-refractivity contribution in [2.24, 2.45) is 5.92 Å². The topological polar surface area (TPSA) is 114 Å². The van der Waals surface area contributed by atoms with E-state index in [0.717, 1.165) is 30.4 Å². The van der Waals surface area contributed by atoms with Gasteiger partial charge in [-0.05, 0) is 47.9 Å². The zero-order valence-electron chi connectivity index (χ0n) is 18.5. The molecular weight excluding hydrogens is 424 g/mol. The van der Waals surface area contributed by atoms with E-state index in [4.69, 9.17) is 14.7 Å². The number of amides is 2. The van der Waals surface area contributed by atoms with Gasteiger partial charge in [-0.1, -0.05) is 55.0 Å². The molecule has 2 aliphatic carbocycles.